The molecule has 0 bridgehead atoms. The van der Waals surface area contributed by atoms with Crippen LogP contribution < -0.4 is 5.32 Å². The van der Waals surface area contributed by atoms with Crippen molar-refractivity contribution in [3.8, 4) is 0 Å². The van der Waals surface area contributed by atoms with Gasteiger partial charge in [-0.25, -0.2) is 0 Å². The molecule has 5 heteroatoms. The van der Waals surface area contributed by atoms with Gasteiger partial charge in [-0.15, -0.1) is 0 Å². The summed E-state index contributed by atoms with van der Waals surface area (Å²) in [5.74, 6) is 1.95. The average Bonchev–Trinajstić information content (AvgIpc) is 2.78. The first kappa shape index (κ1) is 15.4. The molecule has 0 aliphatic carbocycles. The largest absolute Gasteiger partial charge is 0.454 e. The highest BCUT2D eigenvalue weighted by Gasteiger charge is 2.53. The van der Waals surface area contributed by atoms with E-state index in [0.29, 0.717) is 5.41 Å². The molecule has 0 aromatic carbocycles. The third-order valence-corrected chi connectivity index (χ3v) is 5.06. The van der Waals surface area contributed by atoms with Crippen molar-refractivity contribution in [2.24, 2.45) is 10.4 Å². The van der Waals surface area contributed by atoms with Gasteiger partial charge in [0.2, 0.25) is 0 Å². The molecule has 4 nitrogen and oxygen atoms in total. The zero-order chi connectivity index (χ0) is 15.0. The van der Waals surface area contributed by atoms with Gasteiger partial charge >= 0.3 is 0 Å². The Kier molecular flexibility index (Phi) is 4.19. The van der Waals surface area contributed by atoms with Crippen LogP contribution in [0.2, 0.25) is 0 Å². The summed E-state index contributed by atoms with van der Waals surface area (Å²) in [6.45, 7) is 11.0. The first-order chi connectivity index (χ1) is 9.28. The summed E-state index contributed by atoms with van der Waals surface area (Å²) in [4.78, 5) is 6.74. The normalized spacial score (nSPS) is 20.7. The minimum Gasteiger partial charge on any atom is -0.454 e. The monoisotopic (exact) mass is 341 g/mol. The molecule has 1 saturated heterocycles. The number of halogens is 1. The summed E-state index contributed by atoms with van der Waals surface area (Å²) < 4.78 is 6.28. The van der Waals surface area contributed by atoms with Gasteiger partial charge < -0.3 is 14.6 Å². The SMILES string of the molecule is CN=C(NCCc1ccc(Br)o1)N1CC(C)(C)C1(C)C. The van der Waals surface area contributed by atoms with Crippen LogP contribution in [0.1, 0.15) is 33.5 Å². The van der Waals surface area contributed by atoms with E-state index in [9.17, 15) is 0 Å². The Morgan fingerprint density at radius 3 is 2.55 bits per heavy atom. The van der Waals surface area contributed by atoms with Crippen molar-refractivity contribution in [3.05, 3.63) is 22.6 Å². The summed E-state index contributed by atoms with van der Waals surface area (Å²) in [5, 5.41) is 3.42. The lowest BCUT2D eigenvalue weighted by molar-refractivity contribution is -0.0666. The van der Waals surface area contributed by atoms with E-state index in [-0.39, 0.29) is 5.54 Å². The van der Waals surface area contributed by atoms with E-state index < -0.39 is 0 Å². The number of furan rings is 1. The summed E-state index contributed by atoms with van der Waals surface area (Å²) >= 11 is 3.32. The fourth-order valence-electron chi connectivity index (χ4n) is 2.48. The van der Waals surface area contributed by atoms with Crippen molar-refractivity contribution in [3.63, 3.8) is 0 Å². The Labute approximate surface area is 129 Å². The Morgan fingerprint density at radius 2 is 2.10 bits per heavy atom. The molecule has 112 valence electrons. The molecule has 1 N–H and O–H groups in total. The van der Waals surface area contributed by atoms with Gasteiger partial charge in [-0.05, 0) is 41.9 Å². The molecule has 2 heterocycles. The second kappa shape index (κ2) is 5.43. The van der Waals surface area contributed by atoms with Crippen molar-refractivity contribution < 1.29 is 4.42 Å². The van der Waals surface area contributed by atoms with Crippen molar-refractivity contribution >= 4 is 21.9 Å². The molecule has 0 saturated carbocycles. The van der Waals surface area contributed by atoms with Gasteiger partial charge in [-0.1, -0.05) is 13.8 Å². The molecular weight excluding hydrogens is 318 g/mol. The maximum atomic E-state index is 5.50. The van der Waals surface area contributed by atoms with Gasteiger partial charge in [0.15, 0.2) is 10.6 Å². The zero-order valence-corrected chi connectivity index (χ0v) is 14.5. The molecule has 0 unspecified atom stereocenters. The van der Waals surface area contributed by atoms with Crippen molar-refractivity contribution in [1.82, 2.24) is 10.2 Å². The minimum absolute atomic E-state index is 0.128. The predicted octanol–water partition coefficient (Wildman–Crippen LogP) is 3.28. The van der Waals surface area contributed by atoms with E-state index in [4.69, 9.17) is 4.42 Å². The number of hydrogen-bond donors (Lipinski definition) is 1. The number of aliphatic imine (C=N–C) groups is 1. The fourth-order valence-corrected chi connectivity index (χ4v) is 2.82. The van der Waals surface area contributed by atoms with Crippen LogP contribution in [0.15, 0.2) is 26.2 Å². The molecule has 0 amide bonds. The Hall–Kier alpha value is -0.970. The number of nitrogens with zero attached hydrogens (tertiary/aromatic N) is 2. The van der Waals surface area contributed by atoms with Crippen LogP contribution in [0, 0.1) is 5.41 Å². The molecule has 2 rings (SSSR count). The number of hydrogen-bond acceptors (Lipinski definition) is 2. The lowest BCUT2D eigenvalue weighted by Gasteiger charge is -2.62. The zero-order valence-electron chi connectivity index (χ0n) is 13.0. The fraction of sp³-hybridized carbons (Fsp3) is 0.667. The summed E-state index contributed by atoms with van der Waals surface area (Å²) in [6.07, 6.45) is 0.849. The highest BCUT2D eigenvalue weighted by molar-refractivity contribution is 9.10. The van der Waals surface area contributed by atoms with E-state index in [1.54, 1.807) is 0 Å². The second-order valence-corrected chi connectivity index (χ2v) is 7.24. The van der Waals surface area contributed by atoms with Gasteiger partial charge in [-0.3, -0.25) is 4.99 Å². The molecule has 1 aliphatic rings. The smallest absolute Gasteiger partial charge is 0.194 e. The highest BCUT2D eigenvalue weighted by Crippen LogP contribution is 2.46. The van der Waals surface area contributed by atoms with Crippen LogP contribution in [0.5, 0.6) is 0 Å². The Bertz CT molecular complexity index is 505. The first-order valence-corrected chi connectivity index (χ1v) is 7.80. The first-order valence-electron chi connectivity index (χ1n) is 7.00. The van der Waals surface area contributed by atoms with Crippen molar-refractivity contribution in [2.75, 3.05) is 20.1 Å². The molecule has 0 spiro atoms. The molecule has 20 heavy (non-hydrogen) atoms. The molecule has 1 aromatic heterocycles. The number of rotatable bonds is 3. The predicted molar refractivity (Wildman–Crippen MR) is 86.0 cm³/mol. The quantitative estimate of drug-likeness (QED) is 0.677. The highest BCUT2D eigenvalue weighted by atomic mass is 79.9. The lowest BCUT2D eigenvalue weighted by atomic mass is 9.65. The average molecular weight is 342 g/mol. The maximum absolute atomic E-state index is 5.50. The van der Waals surface area contributed by atoms with Gasteiger partial charge in [-0.2, -0.15) is 0 Å². The number of likely N-dealkylation sites (tertiary alicyclic amines) is 1. The van der Waals surface area contributed by atoms with Crippen LogP contribution in [0.3, 0.4) is 0 Å². The topological polar surface area (TPSA) is 40.8 Å². The van der Waals surface area contributed by atoms with Crippen molar-refractivity contribution in [2.45, 2.75) is 39.7 Å². The third kappa shape index (κ3) is 2.73. The Balaban J connectivity index is 1.88. The number of nitrogens with one attached hydrogen (secondary N) is 1. The van der Waals surface area contributed by atoms with E-state index in [0.717, 1.165) is 35.9 Å². The third-order valence-electron chi connectivity index (χ3n) is 4.64. The summed E-state index contributed by atoms with van der Waals surface area (Å²) in [5.41, 5.74) is 0.444. The van der Waals surface area contributed by atoms with Crippen LogP contribution in [0.4, 0.5) is 0 Å². The minimum atomic E-state index is 0.128. The van der Waals surface area contributed by atoms with Gasteiger partial charge in [0.1, 0.15) is 5.76 Å². The summed E-state index contributed by atoms with van der Waals surface area (Å²) in [7, 11) is 1.84. The van der Waals surface area contributed by atoms with Crippen LogP contribution >= 0.6 is 15.9 Å². The van der Waals surface area contributed by atoms with Crippen molar-refractivity contribution in [1.29, 1.82) is 0 Å². The molecule has 1 aliphatic heterocycles. The molecule has 1 aromatic rings. The van der Waals surface area contributed by atoms with Crippen LogP contribution in [-0.4, -0.2) is 36.5 Å². The summed E-state index contributed by atoms with van der Waals surface area (Å²) in [6, 6.07) is 3.91. The Morgan fingerprint density at radius 1 is 1.40 bits per heavy atom. The van der Waals surface area contributed by atoms with Crippen LogP contribution in [-0.2, 0) is 6.42 Å². The van der Waals surface area contributed by atoms with E-state index in [1.165, 1.54) is 0 Å². The molecule has 1 fully saturated rings. The molecule has 0 radical (unpaired) electrons. The van der Waals surface area contributed by atoms with Gasteiger partial charge in [0.05, 0.1) is 0 Å². The lowest BCUT2D eigenvalue weighted by Crippen LogP contribution is -2.72. The van der Waals surface area contributed by atoms with E-state index in [2.05, 4.69) is 58.8 Å². The van der Waals surface area contributed by atoms with Gasteiger partial charge in [0, 0.05) is 37.5 Å². The van der Waals surface area contributed by atoms with E-state index >= 15 is 0 Å². The number of guanidine groups is 1. The standard InChI is InChI=1S/C15H24BrN3O/c1-14(2)10-19(15(14,3)4)13(17-5)18-9-8-11-6-7-12(16)20-11/h6-7H,8-10H2,1-5H3,(H,17,18). The maximum Gasteiger partial charge on any atom is 0.194 e. The van der Waals surface area contributed by atoms with Gasteiger partial charge in [0.25, 0.3) is 0 Å². The molecular formula is C15H24BrN3O. The van der Waals surface area contributed by atoms with Crippen LogP contribution in [0.25, 0.3) is 0 Å². The second-order valence-electron chi connectivity index (χ2n) is 6.46. The molecule has 0 atom stereocenters. The van der Waals surface area contributed by atoms with E-state index in [1.807, 2.05) is 19.2 Å².